The summed E-state index contributed by atoms with van der Waals surface area (Å²) in [5.41, 5.74) is 0.414. The van der Waals surface area contributed by atoms with E-state index < -0.39 is 23.3 Å². The molecule has 196 valence electrons. The first kappa shape index (κ1) is 25.2. The Labute approximate surface area is 216 Å². The SMILES string of the molecule is O=C(NCCNC(=O)C1CCn2cc(-c3ccccc3)nc2C1)c1cn(-c2ccccc2)nc1C(F)(F)F. The molecule has 3 heterocycles. The molecule has 1 atom stereocenters. The minimum absolute atomic E-state index is 0.0299. The number of nitrogens with zero attached hydrogens (tertiary/aromatic N) is 4. The Balaban J connectivity index is 1.15. The molecular formula is C27H25F3N6O2. The highest BCUT2D eigenvalue weighted by atomic mass is 19.4. The van der Waals surface area contributed by atoms with Crippen LogP contribution in [0.2, 0.25) is 0 Å². The van der Waals surface area contributed by atoms with Gasteiger partial charge in [-0.15, -0.1) is 0 Å². The lowest BCUT2D eigenvalue weighted by Gasteiger charge is -2.22. The van der Waals surface area contributed by atoms with Crippen molar-refractivity contribution < 1.29 is 22.8 Å². The number of para-hydroxylation sites is 1. The topological polar surface area (TPSA) is 93.8 Å². The number of halogens is 3. The third-order valence-corrected chi connectivity index (χ3v) is 6.40. The zero-order valence-corrected chi connectivity index (χ0v) is 20.3. The Kier molecular flexibility index (Phi) is 6.99. The lowest BCUT2D eigenvalue weighted by Crippen LogP contribution is -2.40. The summed E-state index contributed by atoms with van der Waals surface area (Å²) in [5, 5.41) is 8.80. The largest absolute Gasteiger partial charge is 0.435 e. The van der Waals surface area contributed by atoms with Crippen molar-refractivity contribution in [3.8, 4) is 16.9 Å². The van der Waals surface area contributed by atoms with E-state index in [-0.39, 0.29) is 24.9 Å². The van der Waals surface area contributed by atoms with Crippen molar-refractivity contribution in [1.82, 2.24) is 30.0 Å². The zero-order valence-electron chi connectivity index (χ0n) is 20.3. The fraction of sp³-hybridized carbons (Fsp3) is 0.259. The second-order valence-corrected chi connectivity index (χ2v) is 9.01. The van der Waals surface area contributed by atoms with Crippen LogP contribution >= 0.6 is 0 Å². The van der Waals surface area contributed by atoms with Crippen LogP contribution in [0.4, 0.5) is 13.2 Å². The van der Waals surface area contributed by atoms with E-state index in [4.69, 9.17) is 0 Å². The van der Waals surface area contributed by atoms with Crippen molar-refractivity contribution in [2.75, 3.05) is 13.1 Å². The van der Waals surface area contributed by atoms with Gasteiger partial charge < -0.3 is 15.2 Å². The van der Waals surface area contributed by atoms with Gasteiger partial charge in [-0.05, 0) is 18.6 Å². The summed E-state index contributed by atoms with van der Waals surface area (Å²) in [4.78, 5) is 30.0. The van der Waals surface area contributed by atoms with E-state index in [1.807, 2.05) is 36.5 Å². The molecule has 2 N–H and O–H groups in total. The number of aryl methyl sites for hydroxylation is 1. The molecular weight excluding hydrogens is 497 g/mol. The molecule has 0 saturated carbocycles. The van der Waals surface area contributed by atoms with Crippen molar-refractivity contribution in [2.24, 2.45) is 5.92 Å². The average molecular weight is 523 g/mol. The van der Waals surface area contributed by atoms with Gasteiger partial charge in [-0.2, -0.15) is 18.3 Å². The van der Waals surface area contributed by atoms with Crippen LogP contribution in [0.5, 0.6) is 0 Å². The number of rotatable bonds is 7. The number of nitrogens with one attached hydrogen (secondary N) is 2. The standard InChI is InChI=1S/C27H25F3N6O2/c28-27(29,30)24-21(16-36(34-24)20-9-5-2-6-10-20)26(38)32-13-12-31-25(37)19-11-14-35-17-22(33-23(35)15-19)18-7-3-1-4-8-18/h1-10,16-17,19H,11-15H2,(H,31,37)(H,32,38). The molecule has 0 bridgehead atoms. The highest BCUT2D eigenvalue weighted by Crippen LogP contribution is 2.31. The van der Waals surface area contributed by atoms with Crippen LogP contribution in [-0.2, 0) is 23.9 Å². The zero-order chi connectivity index (χ0) is 26.7. The maximum Gasteiger partial charge on any atom is 0.435 e. The summed E-state index contributed by atoms with van der Waals surface area (Å²) in [7, 11) is 0. The predicted octanol–water partition coefficient (Wildman–Crippen LogP) is 3.86. The molecule has 38 heavy (non-hydrogen) atoms. The van der Waals surface area contributed by atoms with Gasteiger partial charge in [0.2, 0.25) is 5.91 Å². The third-order valence-electron chi connectivity index (χ3n) is 6.40. The van der Waals surface area contributed by atoms with E-state index in [0.29, 0.717) is 25.1 Å². The first-order valence-corrected chi connectivity index (χ1v) is 12.2. The number of fused-ring (bicyclic) bond motifs is 1. The second kappa shape index (κ2) is 10.5. The molecule has 1 aliphatic rings. The van der Waals surface area contributed by atoms with Crippen LogP contribution in [0.3, 0.4) is 0 Å². The van der Waals surface area contributed by atoms with E-state index >= 15 is 0 Å². The average Bonchev–Trinajstić information content (AvgIpc) is 3.57. The van der Waals surface area contributed by atoms with Gasteiger partial charge in [-0.1, -0.05) is 48.5 Å². The monoisotopic (exact) mass is 522 g/mol. The first-order valence-electron chi connectivity index (χ1n) is 12.2. The summed E-state index contributed by atoms with van der Waals surface area (Å²) < 4.78 is 43.6. The van der Waals surface area contributed by atoms with Crippen molar-refractivity contribution in [2.45, 2.75) is 25.6 Å². The van der Waals surface area contributed by atoms with Gasteiger partial charge >= 0.3 is 6.18 Å². The summed E-state index contributed by atoms with van der Waals surface area (Å²) in [5.74, 6) is -0.534. The molecule has 8 nitrogen and oxygen atoms in total. The minimum atomic E-state index is -4.80. The molecule has 0 fully saturated rings. The summed E-state index contributed by atoms with van der Waals surface area (Å²) >= 11 is 0. The molecule has 4 aromatic rings. The predicted molar refractivity (Wildman–Crippen MR) is 133 cm³/mol. The normalized spacial score (nSPS) is 15.1. The number of hydrogen-bond acceptors (Lipinski definition) is 4. The van der Waals surface area contributed by atoms with Gasteiger partial charge in [-0.25, -0.2) is 9.67 Å². The molecule has 0 radical (unpaired) electrons. The summed E-state index contributed by atoms with van der Waals surface area (Å²) in [6.07, 6.45) is -0.626. The molecule has 5 rings (SSSR count). The quantitative estimate of drug-likeness (QED) is 0.361. The first-order chi connectivity index (χ1) is 18.3. The molecule has 1 aliphatic heterocycles. The van der Waals surface area contributed by atoms with E-state index in [9.17, 15) is 22.8 Å². The van der Waals surface area contributed by atoms with Crippen LogP contribution in [0.1, 0.15) is 28.3 Å². The second-order valence-electron chi connectivity index (χ2n) is 9.01. The smallest absolute Gasteiger partial charge is 0.354 e. The van der Waals surface area contributed by atoms with Gasteiger partial charge in [0, 0.05) is 49.9 Å². The van der Waals surface area contributed by atoms with Crippen LogP contribution < -0.4 is 10.6 Å². The molecule has 2 amide bonds. The van der Waals surface area contributed by atoms with Crippen LogP contribution in [0, 0.1) is 5.92 Å². The third kappa shape index (κ3) is 5.46. The Morgan fingerprint density at radius 2 is 1.63 bits per heavy atom. The maximum atomic E-state index is 13.5. The van der Waals surface area contributed by atoms with Gasteiger partial charge in [0.15, 0.2) is 5.69 Å². The lowest BCUT2D eigenvalue weighted by atomic mass is 9.97. The van der Waals surface area contributed by atoms with E-state index in [2.05, 4.69) is 25.3 Å². The van der Waals surface area contributed by atoms with E-state index in [1.54, 1.807) is 30.3 Å². The van der Waals surface area contributed by atoms with Crippen molar-refractivity contribution in [1.29, 1.82) is 0 Å². The van der Waals surface area contributed by atoms with Crippen LogP contribution in [-0.4, -0.2) is 44.2 Å². The Morgan fingerprint density at radius 1 is 0.947 bits per heavy atom. The lowest BCUT2D eigenvalue weighted by molar-refractivity contribution is -0.141. The molecule has 1 unspecified atom stereocenters. The minimum Gasteiger partial charge on any atom is -0.354 e. The molecule has 2 aromatic heterocycles. The molecule has 11 heteroatoms. The highest BCUT2D eigenvalue weighted by Gasteiger charge is 2.39. The van der Waals surface area contributed by atoms with Crippen molar-refractivity contribution >= 4 is 11.8 Å². The van der Waals surface area contributed by atoms with Crippen molar-refractivity contribution in [3.05, 3.63) is 90.1 Å². The number of imidazole rings is 1. The number of aromatic nitrogens is 4. The molecule has 0 aliphatic carbocycles. The summed E-state index contributed by atoms with van der Waals surface area (Å²) in [6.45, 7) is 0.715. The number of alkyl halides is 3. The number of carbonyl (C=O) groups is 2. The number of carbonyl (C=O) groups excluding carboxylic acids is 2. The Hall–Kier alpha value is -4.41. The van der Waals surface area contributed by atoms with Gasteiger partial charge in [-0.3, -0.25) is 9.59 Å². The maximum absolute atomic E-state index is 13.5. The number of amides is 2. The number of benzene rings is 2. The van der Waals surface area contributed by atoms with Gasteiger partial charge in [0.05, 0.1) is 16.9 Å². The highest BCUT2D eigenvalue weighted by molar-refractivity contribution is 5.95. The van der Waals surface area contributed by atoms with E-state index in [1.165, 1.54) is 0 Å². The molecule has 2 aromatic carbocycles. The summed E-state index contributed by atoms with van der Waals surface area (Å²) in [6, 6.07) is 18.0. The van der Waals surface area contributed by atoms with Crippen LogP contribution in [0.25, 0.3) is 16.9 Å². The van der Waals surface area contributed by atoms with Gasteiger partial charge in [0.25, 0.3) is 5.91 Å². The number of hydrogen-bond donors (Lipinski definition) is 2. The molecule has 0 saturated heterocycles. The fourth-order valence-electron chi connectivity index (χ4n) is 4.46. The van der Waals surface area contributed by atoms with E-state index in [0.717, 1.165) is 28.0 Å². The Bertz CT molecular complexity index is 1430. The van der Waals surface area contributed by atoms with Gasteiger partial charge in [0.1, 0.15) is 5.82 Å². The van der Waals surface area contributed by atoms with Crippen molar-refractivity contribution in [3.63, 3.8) is 0 Å². The van der Waals surface area contributed by atoms with Crippen LogP contribution in [0.15, 0.2) is 73.1 Å². The Morgan fingerprint density at radius 3 is 2.34 bits per heavy atom. The molecule has 0 spiro atoms. The fourth-order valence-corrected chi connectivity index (χ4v) is 4.46.